The highest BCUT2D eigenvalue weighted by molar-refractivity contribution is 5.97. The van der Waals surface area contributed by atoms with E-state index in [1.165, 1.54) is 5.56 Å². The number of ether oxygens (including phenoxy) is 1. The molecule has 2 amide bonds. The van der Waals surface area contributed by atoms with Gasteiger partial charge in [-0.1, -0.05) is 30.3 Å². The summed E-state index contributed by atoms with van der Waals surface area (Å²) >= 11 is 0. The Morgan fingerprint density at radius 2 is 1.68 bits per heavy atom. The number of hydrogen-bond donors (Lipinski definition) is 0. The number of hydrogen-bond acceptors (Lipinski definition) is 4. The Morgan fingerprint density at radius 3 is 2.42 bits per heavy atom. The molecule has 0 saturated carbocycles. The summed E-state index contributed by atoms with van der Waals surface area (Å²) in [4.78, 5) is 32.4. The fraction of sp³-hybridized carbons (Fsp3) is 0.440. The standard InChI is InChI=1S/C25H31N3O3/c1-31-22-12-10-20(11-13-22)19-26-14-6-15-27(18-17-26)25(30)23-9-5-16-28(23)24(29)21-7-3-2-4-8-21/h2-4,7-8,10-13,23H,5-6,9,14-19H2,1H3. The zero-order valence-corrected chi connectivity index (χ0v) is 18.2. The predicted octanol–water partition coefficient (Wildman–Crippen LogP) is 3.03. The summed E-state index contributed by atoms with van der Waals surface area (Å²) < 4.78 is 5.24. The van der Waals surface area contributed by atoms with Gasteiger partial charge in [0.1, 0.15) is 11.8 Å². The summed E-state index contributed by atoms with van der Waals surface area (Å²) in [6.07, 6.45) is 2.58. The number of benzene rings is 2. The van der Waals surface area contributed by atoms with Crippen LogP contribution in [0.25, 0.3) is 0 Å². The van der Waals surface area contributed by atoms with E-state index in [-0.39, 0.29) is 17.9 Å². The molecule has 4 rings (SSSR count). The molecule has 0 bridgehead atoms. The summed E-state index contributed by atoms with van der Waals surface area (Å²) in [5.41, 5.74) is 1.90. The van der Waals surface area contributed by atoms with E-state index in [0.717, 1.165) is 51.2 Å². The van der Waals surface area contributed by atoms with E-state index in [4.69, 9.17) is 4.74 Å². The van der Waals surface area contributed by atoms with E-state index in [9.17, 15) is 9.59 Å². The second-order valence-electron chi connectivity index (χ2n) is 8.33. The molecule has 2 aliphatic rings. The van der Waals surface area contributed by atoms with E-state index in [1.807, 2.05) is 47.4 Å². The Hall–Kier alpha value is -2.86. The molecule has 1 atom stereocenters. The first-order valence-corrected chi connectivity index (χ1v) is 11.2. The van der Waals surface area contributed by atoms with Crippen molar-refractivity contribution in [3.05, 3.63) is 65.7 Å². The van der Waals surface area contributed by atoms with Crippen LogP contribution < -0.4 is 4.74 Å². The molecule has 0 radical (unpaired) electrons. The third-order valence-corrected chi connectivity index (χ3v) is 6.28. The van der Waals surface area contributed by atoms with Crippen molar-refractivity contribution < 1.29 is 14.3 Å². The molecule has 6 nitrogen and oxygen atoms in total. The SMILES string of the molecule is COc1ccc(CN2CCCN(C(=O)C3CCCN3C(=O)c3ccccc3)CC2)cc1. The van der Waals surface area contributed by atoms with Crippen LogP contribution in [0.1, 0.15) is 35.2 Å². The highest BCUT2D eigenvalue weighted by Gasteiger charge is 2.37. The fourth-order valence-corrected chi connectivity index (χ4v) is 4.56. The van der Waals surface area contributed by atoms with Crippen molar-refractivity contribution in [2.75, 3.05) is 39.8 Å². The molecule has 164 valence electrons. The van der Waals surface area contributed by atoms with Gasteiger partial charge in [-0.2, -0.15) is 0 Å². The molecule has 2 aliphatic heterocycles. The van der Waals surface area contributed by atoms with Crippen molar-refractivity contribution in [1.29, 1.82) is 0 Å². The van der Waals surface area contributed by atoms with Crippen molar-refractivity contribution in [3.63, 3.8) is 0 Å². The monoisotopic (exact) mass is 421 g/mol. The van der Waals surface area contributed by atoms with Crippen LogP contribution in [0.4, 0.5) is 0 Å². The topological polar surface area (TPSA) is 53.1 Å². The number of carbonyl (C=O) groups is 2. The molecule has 0 aromatic heterocycles. The Morgan fingerprint density at radius 1 is 0.903 bits per heavy atom. The van der Waals surface area contributed by atoms with E-state index in [0.29, 0.717) is 18.7 Å². The first-order chi connectivity index (χ1) is 15.2. The number of likely N-dealkylation sites (tertiary alicyclic amines) is 1. The molecular formula is C25H31N3O3. The first kappa shape index (κ1) is 21.4. The maximum atomic E-state index is 13.3. The van der Waals surface area contributed by atoms with Crippen molar-refractivity contribution >= 4 is 11.8 Å². The van der Waals surface area contributed by atoms with E-state index in [1.54, 1.807) is 12.0 Å². The molecule has 31 heavy (non-hydrogen) atoms. The molecule has 1 unspecified atom stereocenters. The third kappa shape index (κ3) is 5.07. The lowest BCUT2D eigenvalue weighted by Crippen LogP contribution is -2.48. The van der Waals surface area contributed by atoms with Crippen molar-refractivity contribution in [1.82, 2.24) is 14.7 Å². The summed E-state index contributed by atoms with van der Waals surface area (Å²) in [6, 6.07) is 17.1. The molecule has 2 aromatic carbocycles. The summed E-state index contributed by atoms with van der Waals surface area (Å²) in [5, 5.41) is 0. The van der Waals surface area contributed by atoms with Gasteiger partial charge < -0.3 is 14.5 Å². The smallest absolute Gasteiger partial charge is 0.254 e. The van der Waals surface area contributed by atoms with Crippen LogP contribution in [0.3, 0.4) is 0 Å². The average Bonchev–Trinajstić information content (AvgIpc) is 3.19. The van der Waals surface area contributed by atoms with E-state index in [2.05, 4.69) is 17.0 Å². The number of methoxy groups -OCH3 is 1. The minimum absolute atomic E-state index is 0.0348. The number of rotatable bonds is 5. The van der Waals surface area contributed by atoms with Gasteiger partial charge in [0.05, 0.1) is 7.11 Å². The lowest BCUT2D eigenvalue weighted by Gasteiger charge is -2.30. The van der Waals surface area contributed by atoms with Crippen LogP contribution in [0.5, 0.6) is 5.75 Å². The molecule has 0 spiro atoms. The Labute approximate surface area is 184 Å². The van der Waals surface area contributed by atoms with Crippen LogP contribution >= 0.6 is 0 Å². The van der Waals surface area contributed by atoms with Gasteiger partial charge in [0.2, 0.25) is 5.91 Å². The molecule has 2 saturated heterocycles. The van der Waals surface area contributed by atoms with Gasteiger partial charge in [-0.15, -0.1) is 0 Å². The zero-order valence-electron chi connectivity index (χ0n) is 18.2. The van der Waals surface area contributed by atoms with Crippen LogP contribution in [-0.2, 0) is 11.3 Å². The summed E-state index contributed by atoms with van der Waals surface area (Å²) in [5.74, 6) is 0.933. The Balaban J connectivity index is 1.36. The predicted molar refractivity (Wildman–Crippen MR) is 120 cm³/mol. The van der Waals surface area contributed by atoms with Gasteiger partial charge >= 0.3 is 0 Å². The average molecular weight is 422 g/mol. The fourth-order valence-electron chi connectivity index (χ4n) is 4.56. The van der Waals surface area contributed by atoms with Gasteiger partial charge in [0.15, 0.2) is 0 Å². The Bertz CT molecular complexity index is 885. The van der Waals surface area contributed by atoms with Gasteiger partial charge in [-0.3, -0.25) is 14.5 Å². The Kier molecular flexibility index (Phi) is 6.87. The van der Waals surface area contributed by atoms with Crippen molar-refractivity contribution in [3.8, 4) is 5.75 Å². The van der Waals surface area contributed by atoms with Crippen LogP contribution in [-0.4, -0.2) is 72.4 Å². The van der Waals surface area contributed by atoms with Crippen LogP contribution in [0.2, 0.25) is 0 Å². The highest BCUT2D eigenvalue weighted by atomic mass is 16.5. The second-order valence-corrected chi connectivity index (χ2v) is 8.33. The summed E-state index contributed by atoms with van der Waals surface area (Å²) in [6.45, 7) is 4.79. The van der Waals surface area contributed by atoms with E-state index < -0.39 is 0 Å². The molecule has 6 heteroatoms. The minimum atomic E-state index is -0.333. The summed E-state index contributed by atoms with van der Waals surface area (Å²) in [7, 11) is 1.67. The number of amides is 2. The van der Waals surface area contributed by atoms with Crippen LogP contribution in [0.15, 0.2) is 54.6 Å². The number of carbonyl (C=O) groups excluding carboxylic acids is 2. The van der Waals surface area contributed by atoms with Gasteiger partial charge in [0.25, 0.3) is 5.91 Å². The van der Waals surface area contributed by atoms with Crippen molar-refractivity contribution in [2.24, 2.45) is 0 Å². The maximum absolute atomic E-state index is 13.3. The lowest BCUT2D eigenvalue weighted by molar-refractivity contribution is -0.135. The van der Waals surface area contributed by atoms with Gasteiger partial charge in [0, 0.05) is 44.8 Å². The quantitative estimate of drug-likeness (QED) is 0.745. The molecule has 2 heterocycles. The second kappa shape index (κ2) is 9.96. The van der Waals surface area contributed by atoms with Crippen molar-refractivity contribution in [2.45, 2.75) is 31.8 Å². The van der Waals surface area contributed by atoms with Gasteiger partial charge in [-0.05, 0) is 49.1 Å². The minimum Gasteiger partial charge on any atom is -0.497 e. The largest absolute Gasteiger partial charge is 0.497 e. The van der Waals surface area contributed by atoms with Crippen LogP contribution in [0, 0.1) is 0 Å². The maximum Gasteiger partial charge on any atom is 0.254 e. The molecule has 0 N–H and O–H groups in total. The molecule has 2 fully saturated rings. The highest BCUT2D eigenvalue weighted by Crippen LogP contribution is 2.23. The van der Waals surface area contributed by atoms with Gasteiger partial charge in [-0.25, -0.2) is 0 Å². The molecular weight excluding hydrogens is 390 g/mol. The normalized spacial score (nSPS) is 19.8. The third-order valence-electron chi connectivity index (χ3n) is 6.28. The molecule has 0 aliphatic carbocycles. The van der Waals surface area contributed by atoms with E-state index >= 15 is 0 Å². The zero-order chi connectivity index (χ0) is 21.6. The lowest BCUT2D eigenvalue weighted by atomic mass is 10.1. The molecule has 2 aromatic rings. The first-order valence-electron chi connectivity index (χ1n) is 11.2. The number of nitrogens with zero attached hydrogens (tertiary/aromatic N) is 3.